The Hall–Kier alpha value is -1.75. The molecule has 0 aliphatic heterocycles. The molecular weight excluding hydrogens is 280 g/mol. The second kappa shape index (κ2) is 6.13. The first-order valence-electron chi connectivity index (χ1n) is 6.56. The fourth-order valence-electron chi connectivity index (χ4n) is 2.46. The van der Waals surface area contributed by atoms with E-state index in [2.05, 4.69) is 10.6 Å². The summed E-state index contributed by atoms with van der Waals surface area (Å²) in [5, 5.41) is 15.1. The van der Waals surface area contributed by atoms with E-state index < -0.39 is 17.5 Å². The highest BCUT2D eigenvalue weighted by Gasteiger charge is 2.42. The lowest BCUT2D eigenvalue weighted by molar-refractivity contribution is -0.144. The van der Waals surface area contributed by atoms with Crippen LogP contribution in [0.15, 0.2) is 24.3 Å². The maximum atomic E-state index is 11.8. The van der Waals surface area contributed by atoms with Crippen molar-refractivity contribution < 1.29 is 14.7 Å². The summed E-state index contributed by atoms with van der Waals surface area (Å²) in [6.45, 7) is 0.308. The van der Waals surface area contributed by atoms with Gasteiger partial charge in [0.25, 0.3) is 0 Å². The fourth-order valence-corrected chi connectivity index (χ4v) is 2.67. The van der Waals surface area contributed by atoms with Crippen molar-refractivity contribution in [3.05, 3.63) is 34.9 Å². The van der Waals surface area contributed by atoms with Crippen LogP contribution in [0.2, 0.25) is 5.02 Å². The van der Waals surface area contributed by atoms with Crippen LogP contribution in [-0.2, 0) is 11.3 Å². The van der Waals surface area contributed by atoms with E-state index in [-0.39, 0.29) is 0 Å². The topological polar surface area (TPSA) is 78.4 Å². The van der Waals surface area contributed by atoms with Gasteiger partial charge in [-0.1, -0.05) is 36.6 Å². The second-order valence-electron chi connectivity index (χ2n) is 5.03. The summed E-state index contributed by atoms with van der Waals surface area (Å²) in [6, 6.07) is 6.68. The number of nitrogens with one attached hydrogen (secondary N) is 2. The van der Waals surface area contributed by atoms with Crippen molar-refractivity contribution in [2.75, 3.05) is 0 Å². The van der Waals surface area contributed by atoms with Crippen molar-refractivity contribution in [3.63, 3.8) is 0 Å². The molecule has 3 N–H and O–H groups in total. The quantitative estimate of drug-likeness (QED) is 0.799. The highest BCUT2D eigenvalue weighted by atomic mass is 35.5. The van der Waals surface area contributed by atoms with Gasteiger partial charge in [-0.25, -0.2) is 9.59 Å². The predicted molar refractivity (Wildman–Crippen MR) is 75.7 cm³/mol. The fraction of sp³-hybridized carbons (Fsp3) is 0.429. The van der Waals surface area contributed by atoms with Crippen molar-refractivity contribution in [1.82, 2.24) is 10.6 Å². The first-order valence-corrected chi connectivity index (χ1v) is 6.93. The summed E-state index contributed by atoms with van der Waals surface area (Å²) < 4.78 is 0. The van der Waals surface area contributed by atoms with Crippen molar-refractivity contribution in [1.29, 1.82) is 0 Å². The normalized spacial score (nSPS) is 16.6. The minimum Gasteiger partial charge on any atom is -0.480 e. The largest absolute Gasteiger partial charge is 0.480 e. The SMILES string of the molecule is O=C(NCc1cccc(Cl)c1)NC1(C(=O)O)CCCC1. The van der Waals surface area contributed by atoms with Crippen molar-refractivity contribution in [2.24, 2.45) is 0 Å². The zero-order valence-electron chi connectivity index (χ0n) is 11.0. The minimum absolute atomic E-state index is 0.308. The average Bonchev–Trinajstić information content (AvgIpc) is 2.86. The molecule has 1 aromatic carbocycles. The second-order valence-corrected chi connectivity index (χ2v) is 5.47. The number of hydrogen-bond donors (Lipinski definition) is 3. The molecule has 6 heteroatoms. The molecule has 0 bridgehead atoms. The Bertz CT molecular complexity index is 513. The number of amides is 2. The zero-order valence-corrected chi connectivity index (χ0v) is 11.7. The summed E-state index contributed by atoms with van der Waals surface area (Å²) in [7, 11) is 0. The molecule has 0 aromatic heterocycles. The summed E-state index contributed by atoms with van der Waals surface area (Å²) in [5.74, 6) is -0.965. The Morgan fingerprint density at radius 1 is 1.30 bits per heavy atom. The predicted octanol–water partition coefficient (Wildman–Crippen LogP) is 2.54. The lowest BCUT2D eigenvalue weighted by atomic mass is 9.98. The molecule has 2 amide bonds. The molecule has 1 aliphatic carbocycles. The van der Waals surface area contributed by atoms with Gasteiger partial charge in [0.1, 0.15) is 5.54 Å². The molecule has 108 valence electrons. The van der Waals surface area contributed by atoms with Gasteiger partial charge >= 0.3 is 12.0 Å². The Morgan fingerprint density at radius 2 is 2.00 bits per heavy atom. The highest BCUT2D eigenvalue weighted by Crippen LogP contribution is 2.29. The number of carbonyl (C=O) groups excluding carboxylic acids is 1. The minimum atomic E-state index is -1.11. The molecule has 0 spiro atoms. The van der Waals surface area contributed by atoms with Gasteiger partial charge in [-0.05, 0) is 30.5 Å². The van der Waals surface area contributed by atoms with E-state index in [1.807, 2.05) is 6.07 Å². The smallest absolute Gasteiger partial charge is 0.329 e. The molecule has 0 unspecified atom stereocenters. The third kappa shape index (κ3) is 3.42. The molecule has 0 heterocycles. The van der Waals surface area contributed by atoms with E-state index >= 15 is 0 Å². The van der Waals surface area contributed by atoms with Gasteiger partial charge in [-0.15, -0.1) is 0 Å². The van der Waals surface area contributed by atoms with Crippen molar-refractivity contribution in [2.45, 2.75) is 37.8 Å². The van der Waals surface area contributed by atoms with Gasteiger partial charge in [0.15, 0.2) is 0 Å². The molecule has 1 fully saturated rings. The lowest BCUT2D eigenvalue weighted by Gasteiger charge is -2.25. The molecule has 1 aliphatic rings. The third-order valence-corrected chi connectivity index (χ3v) is 3.80. The molecule has 20 heavy (non-hydrogen) atoms. The maximum Gasteiger partial charge on any atom is 0.329 e. The van der Waals surface area contributed by atoms with Crippen LogP contribution in [0.25, 0.3) is 0 Å². The Balaban J connectivity index is 1.90. The zero-order chi connectivity index (χ0) is 14.6. The highest BCUT2D eigenvalue weighted by molar-refractivity contribution is 6.30. The van der Waals surface area contributed by atoms with Crippen LogP contribution in [0.1, 0.15) is 31.2 Å². The van der Waals surface area contributed by atoms with E-state index in [0.717, 1.165) is 18.4 Å². The van der Waals surface area contributed by atoms with Crippen LogP contribution < -0.4 is 10.6 Å². The van der Waals surface area contributed by atoms with Crippen LogP contribution in [-0.4, -0.2) is 22.6 Å². The van der Waals surface area contributed by atoms with E-state index in [1.165, 1.54) is 0 Å². The van der Waals surface area contributed by atoms with Gasteiger partial charge in [-0.2, -0.15) is 0 Å². The average molecular weight is 297 g/mol. The molecule has 0 atom stereocenters. The van der Waals surface area contributed by atoms with Crippen LogP contribution in [0, 0.1) is 0 Å². The summed E-state index contributed by atoms with van der Waals surface area (Å²) >= 11 is 5.86. The van der Waals surface area contributed by atoms with Gasteiger partial charge in [0.05, 0.1) is 0 Å². The number of aliphatic carboxylic acids is 1. The summed E-state index contributed by atoms with van der Waals surface area (Å²) in [6.07, 6.45) is 2.60. The molecule has 1 saturated carbocycles. The van der Waals surface area contributed by atoms with Crippen molar-refractivity contribution in [3.8, 4) is 0 Å². The van der Waals surface area contributed by atoms with Gasteiger partial charge in [-0.3, -0.25) is 0 Å². The van der Waals surface area contributed by atoms with Crippen molar-refractivity contribution >= 4 is 23.6 Å². The number of rotatable bonds is 4. The molecule has 0 radical (unpaired) electrons. The Labute approximate surface area is 122 Å². The summed E-state index contributed by atoms with van der Waals surface area (Å²) in [4.78, 5) is 23.2. The number of hydrogen-bond acceptors (Lipinski definition) is 2. The maximum absolute atomic E-state index is 11.8. The molecule has 1 aromatic rings. The van der Waals surface area contributed by atoms with Gasteiger partial charge in [0, 0.05) is 11.6 Å². The van der Waals surface area contributed by atoms with E-state index in [4.69, 9.17) is 11.6 Å². The first-order chi connectivity index (χ1) is 9.52. The number of benzene rings is 1. The van der Waals surface area contributed by atoms with Gasteiger partial charge in [0.2, 0.25) is 0 Å². The standard InChI is InChI=1S/C14H17ClN2O3/c15-11-5-3-4-10(8-11)9-16-13(20)17-14(12(18)19)6-1-2-7-14/h3-5,8H,1-2,6-7,9H2,(H,18,19)(H2,16,17,20). The van der Waals surface area contributed by atoms with E-state index in [0.29, 0.717) is 24.4 Å². The first kappa shape index (κ1) is 14.7. The van der Waals surface area contributed by atoms with Crippen LogP contribution in [0.5, 0.6) is 0 Å². The lowest BCUT2D eigenvalue weighted by Crippen LogP contribution is -2.55. The van der Waals surface area contributed by atoms with E-state index in [1.54, 1.807) is 18.2 Å². The monoisotopic (exact) mass is 296 g/mol. The Morgan fingerprint density at radius 3 is 2.60 bits per heavy atom. The van der Waals surface area contributed by atoms with Gasteiger partial charge < -0.3 is 15.7 Å². The van der Waals surface area contributed by atoms with Crippen LogP contribution in [0.3, 0.4) is 0 Å². The van der Waals surface area contributed by atoms with Crippen LogP contribution in [0.4, 0.5) is 4.79 Å². The third-order valence-electron chi connectivity index (χ3n) is 3.56. The Kier molecular flexibility index (Phi) is 4.49. The molecule has 5 nitrogen and oxygen atoms in total. The summed E-state index contributed by atoms with van der Waals surface area (Å²) in [5.41, 5.74) is -0.248. The molecule has 2 rings (SSSR count). The number of carbonyl (C=O) groups is 2. The number of urea groups is 1. The molecular formula is C14H17ClN2O3. The van der Waals surface area contributed by atoms with Crippen LogP contribution >= 0.6 is 11.6 Å². The van der Waals surface area contributed by atoms with E-state index in [9.17, 15) is 14.7 Å². The number of carboxylic acids is 1. The number of halogens is 1. The molecule has 0 saturated heterocycles. The number of carboxylic acid groups (broad SMARTS) is 1.